The summed E-state index contributed by atoms with van der Waals surface area (Å²) in [5, 5.41) is 24.8. The molecule has 1 saturated heterocycles. The number of amides is 4. The molecule has 0 aromatic rings. The van der Waals surface area contributed by atoms with Crippen molar-refractivity contribution in [2.75, 3.05) is 26.9 Å². The Labute approximate surface area is 238 Å². The van der Waals surface area contributed by atoms with E-state index in [1.54, 1.807) is 6.08 Å². The predicted molar refractivity (Wildman–Crippen MR) is 143 cm³/mol. The Kier molecular flexibility index (Phi) is 9.00. The third-order valence-electron chi connectivity index (χ3n) is 8.78. The van der Waals surface area contributed by atoms with Crippen LogP contribution in [0.3, 0.4) is 0 Å². The van der Waals surface area contributed by atoms with Gasteiger partial charge >= 0.3 is 6.09 Å². The number of nitrogens with one attached hydrogen (secondary N) is 3. The summed E-state index contributed by atoms with van der Waals surface area (Å²) in [5.41, 5.74) is -1.64. The molecule has 4 amide bonds. The molecule has 15 heteroatoms. The number of hydrogen-bond donors (Lipinski definition) is 5. The van der Waals surface area contributed by atoms with Crippen LogP contribution in [-0.4, -0.2) is 103 Å². The van der Waals surface area contributed by atoms with E-state index in [0.717, 1.165) is 4.90 Å². The number of fused-ring (bicyclic) bond motifs is 2. The number of rotatable bonds is 7. The second kappa shape index (κ2) is 11.8. The molecule has 4 aliphatic rings. The Balaban J connectivity index is 1.66. The van der Waals surface area contributed by atoms with Gasteiger partial charge in [-0.3, -0.25) is 19.1 Å². The molecule has 41 heavy (non-hydrogen) atoms. The summed E-state index contributed by atoms with van der Waals surface area (Å²) in [5.74, 6) is -3.54. The molecule has 2 aliphatic heterocycles. The van der Waals surface area contributed by atoms with Gasteiger partial charge < -0.3 is 30.5 Å². The van der Waals surface area contributed by atoms with Crippen LogP contribution in [0.1, 0.15) is 51.9 Å². The predicted octanol–water partition coefficient (Wildman–Crippen LogP) is 0.0462. The van der Waals surface area contributed by atoms with Crippen LogP contribution in [0.5, 0.6) is 0 Å². The van der Waals surface area contributed by atoms with Crippen LogP contribution >= 0.6 is 0 Å². The number of nitrogens with zero attached hydrogens (tertiary/aromatic N) is 1. The van der Waals surface area contributed by atoms with E-state index in [4.69, 9.17) is 4.74 Å². The van der Waals surface area contributed by atoms with Gasteiger partial charge in [-0.25, -0.2) is 17.6 Å². The second-order valence-corrected chi connectivity index (χ2v) is 14.0. The molecule has 2 aliphatic carbocycles. The maximum atomic E-state index is 13.8. The van der Waals surface area contributed by atoms with Gasteiger partial charge in [0, 0.05) is 31.9 Å². The summed E-state index contributed by atoms with van der Waals surface area (Å²) < 4.78 is 44.8. The van der Waals surface area contributed by atoms with Crippen LogP contribution in [0.25, 0.3) is 0 Å². The quantitative estimate of drug-likeness (QED) is 0.251. The van der Waals surface area contributed by atoms with E-state index in [9.17, 15) is 42.2 Å². The van der Waals surface area contributed by atoms with Crippen molar-refractivity contribution in [2.45, 2.75) is 80.3 Å². The zero-order valence-corrected chi connectivity index (χ0v) is 24.0. The van der Waals surface area contributed by atoms with Crippen molar-refractivity contribution in [3.8, 4) is 0 Å². The molecule has 2 heterocycles. The summed E-state index contributed by atoms with van der Waals surface area (Å²) in [6, 6.07) is -2.50. The largest absolute Gasteiger partial charge is 0.465 e. The van der Waals surface area contributed by atoms with Crippen LogP contribution in [0.15, 0.2) is 12.2 Å². The summed E-state index contributed by atoms with van der Waals surface area (Å²) >= 11 is 0. The molecule has 0 radical (unpaired) electrons. The molecule has 230 valence electrons. The fourth-order valence-corrected chi connectivity index (χ4v) is 7.43. The molecule has 0 aromatic carbocycles. The molecule has 5 N–H and O–H groups in total. The third kappa shape index (κ3) is 6.36. The van der Waals surface area contributed by atoms with Gasteiger partial charge in [-0.15, -0.1) is 0 Å². The maximum absolute atomic E-state index is 13.8. The zero-order chi connectivity index (χ0) is 30.2. The lowest BCUT2D eigenvalue weighted by molar-refractivity contribution is -0.142. The molecule has 4 rings (SSSR count). The van der Waals surface area contributed by atoms with E-state index >= 15 is 0 Å². The van der Waals surface area contributed by atoms with Gasteiger partial charge in [-0.05, 0) is 44.4 Å². The molecule has 0 bridgehead atoms. The number of carbonyl (C=O) groups is 4. The van der Waals surface area contributed by atoms with Crippen LogP contribution < -0.4 is 15.4 Å². The van der Waals surface area contributed by atoms with Crippen molar-refractivity contribution < 1.29 is 46.9 Å². The first kappa shape index (κ1) is 31.2. The van der Waals surface area contributed by atoms with E-state index in [-0.39, 0.29) is 44.8 Å². The molecular weight excluding hydrogens is 563 g/mol. The van der Waals surface area contributed by atoms with Crippen LogP contribution in [-0.2, 0) is 29.1 Å². The lowest BCUT2D eigenvalue weighted by atomic mass is 9.87. The Hall–Kier alpha value is -2.78. The van der Waals surface area contributed by atoms with Crippen molar-refractivity contribution in [3.05, 3.63) is 12.2 Å². The van der Waals surface area contributed by atoms with Gasteiger partial charge in [-0.1, -0.05) is 19.1 Å². The fourth-order valence-electron chi connectivity index (χ4n) is 6.01. The van der Waals surface area contributed by atoms with Crippen LogP contribution in [0, 0.1) is 17.8 Å². The third-order valence-corrected chi connectivity index (χ3v) is 10.9. The number of aliphatic hydroxyl groups excluding tert-OH is 1. The smallest absolute Gasteiger partial charge is 0.405 e. The first-order valence-electron chi connectivity index (χ1n) is 13.9. The Morgan fingerprint density at radius 3 is 2.59 bits per heavy atom. The Morgan fingerprint density at radius 1 is 1.27 bits per heavy atom. The van der Waals surface area contributed by atoms with Crippen molar-refractivity contribution in [1.82, 2.24) is 20.3 Å². The van der Waals surface area contributed by atoms with Gasteiger partial charge in [0.05, 0.1) is 12.7 Å². The standard InChI is InChI=1S/C26H39FN4O9S/c1-15-5-3-4-6-17-11-26(17,23(35)30-41(38,39)25(14-27)7-8-25)29-21(33)19-10-18(32)12-31(19)22(34)20(28-24(36)37)16(9-15)13-40-2/h4,6,15-20,28,32H,3,5,7-14H2,1-2H3,(H,29,33)(H,30,35)(H,36,37)/b6-4-/t15?,16-,17+,18+,19-,20-,26+/m0/s1. The maximum Gasteiger partial charge on any atom is 0.405 e. The topological polar surface area (TPSA) is 191 Å². The molecule has 3 fully saturated rings. The summed E-state index contributed by atoms with van der Waals surface area (Å²) in [7, 11) is -2.90. The minimum atomic E-state index is -4.35. The minimum Gasteiger partial charge on any atom is -0.465 e. The number of carbonyl (C=O) groups excluding carboxylic acids is 3. The molecule has 0 spiro atoms. The molecule has 13 nitrogen and oxygen atoms in total. The first-order valence-corrected chi connectivity index (χ1v) is 15.4. The van der Waals surface area contributed by atoms with E-state index < -0.39 is 80.8 Å². The Bertz CT molecular complexity index is 1190. The highest BCUT2D eigenvalue weighted by atomic mass is 32.2. The lowest BCUT2D eigenvalue weighted by Crippen LogP contribution is -2.60. The number of aliphatic hydroxyl groups is 1. The average Bonchev–Trinajstić information content (AvgIpc) is 3.80. The van der Waals surface area contributed by atoms with Gasteiger partial charge in [-0.2, -0.15) is 0 Å². The van der Waals surface area contributed by atoms with E-state index in [1.807, 2.05) is 17.7 Å². The average molecular weight is 603 g/mol. The minimum absolute atomic E-state index is 0.0448. The summed E-state index contributed by atoms with van der Waals surface area (Å²) in [6.45, 7) is 0.663. The van der Waals surface area contributed by atoms with Crippen molar-refractivity contribution in [1.29, 1.82) is 0 Å². The number of allylic oxidation sites excluding steroid dienone is 1. The number of methoxy groups -OCH3 is 1. The monoisotopic (exact) mass is 602 g/mol. The van der Waals surface area contributed by atoms with Crippen LogP contribution in [0.2, 0.25) is 0 Å². The number of alkyl halides is 1. The molecule has 1 unspecified atom stereocenters. The highest BCUT2D eigenvalue weighted by Crippen LogP contribution is 2.48. The van der Waals surface area contributed by atoms with Crippen LogP contribution in [0.4, 0.5) is 9.18 Å². The van der Waals surface area contributed by atoms with E-state index in [1.165, 1.54) is 7.11 Å². The van der Waals surface area contributed by atoms with Crippen molar-refractivity contribution >= 4 is 33.8 Å². The Morgan fingerprint density at radius 2 is 1.98 bits per heavy atom. The van der Waals surface area contributed by atoms with Gasteiger partial charge in [0.15, 0.2) is 0 Å². The number of ether oxygens (including phenoxy) is 1. The lowest BCUT2D eigenvalue weighted by Gasteiger charge is -2.33. The second-order valence-electron chi connectivity index (χ2n) is 11.9. The van der Waals surface area contributed by atoms with Crippen molar-refractivity contribution in [2.24, 2.45) is 17.8 Å². The van der Waals surface area contributed by atoms with Gasteiger partial charge in [0.25, 0.3) is 5.91 Å². The first-order chi connectivity index (χ1) is 19.3. The molecule has 2 saturated carbocycles. The number of hydrogen-bond acceptors (Lipinski definition) is 8. The van der Waals surface area contributed by atoms with E-state index in [0.29, 0.717) is 19.3 Å². The normalized spacial score (nSPS) is 36.0. The molecule has 0 aromatic heterocycles. The number of sulfonamides is 1. The zero-order valence-electron chi connectivity index (χ0n) is 23.2. The number of halogens is 1. The SMILES string of the molecule is COC[C@@H]1CC(C)CC/C=C\[C@@H]2C[C@@]2(C(=O)NS(=O)(=O)C2(CF)CC2)NC(=O)[C@@H]2C[C@@H](O)CN2C(=O)[C@H]1NC(=O)O. The molecule has 7 atom stereocenters. The summed E-state index contributed by atoms with van der Waals surface area (Å²) in [6.07, 6.45) is 2.86. The highest BCUT2D eigenvalue weighted by molar-refractivity contribution is 7.91. The van der Waals surface area contributed by atoms with Crippen molar-refractivity contribution in [3.63, 3.8) is 0 Å². The number of carboxylic acid groups (broad SMARTS) is 1. The molecular formula is C26H39FN4O9S. The summed E-state index contributed by atoms with van der Waals surface area (Å²) in [4.78, 5) is 53.5. The van der Waals surface area contributed by atoms with Gasteiger partial charge in [0.1, 0.15) is 29.0 Å². The van der Waals surface area contributed by atoms with E-state index in [2.05, 4.69) is 10.6 Å². The fraction of sp³-hybridized carbons (Fsp3) is 0.769. The van der Waals surface area contributed by atoms with Gasteiger partial charge in [0.2, 0.25) is 21.8 Å². The highest BCUT2D eigenvalue weighted by Gasteiger charge is 2.64.